The molecular weight excluding hydrogens is 517 g/mol. The molecule has 0 radical (unpaired) electrons. The van der Waals surface area contributed by atoms with Gasteiger partial charge in [0.15, 0.2) is 11.8 Å². The highest BCUT2D eigenvalue weighted by atomic mass is 32.1. The number of rotatable bonds is 5. The van der Waals surface area contributed by atoms with Gasteiger partial charge in [-0.05, 0) is 37.9 Å². The molecule has 7 nitrogen and oxygen atoms in total. The van der Waals surface area contributed by atoms with Gasteiger partial charge in [-0.15, -0.1) is 11.3 Å². The summed E-state index contributed by atoms with van der Waals surface area (Å²) < 4.78 is 98.7. The van der Waals surface area contributed by atoms with Gasteiger partial charge in [0, 0.05) is 40.6 Å². The van der Waals surface area contributed by atoms with E-state index in [-0.39, 0.29) is 31.0 Å². The van der Waals surface area contributed by atoms with E-state index in [0.29, 0.717) is 28.9 Å². The maximum atomic E-state index is 14.1. The molecule has 2 aliphatic heterocycles. The molecule has 0 N–H and O–H groups in total. The smallest absolute Gasteiger partial charge is 0.387 e. The van der Waals surface area contributed by atoms with Crippen LogP contribution in [0.5, 0.6) is 0 Å². The molecule has 1 unspecified atom stereocenters. The number of carbonyl (C=O) groups excluding carboxylic acids is 1. The summed E-state index contributed by atoms with van der Waals surface area (Å²) in [4.78, 5) is 24.2. The van der Waals surface area contributed by atoms with E-state index < -0.39 is 60.6 Å². The summed E-state index contributed by atoms with van der Waals surface area (Å²) in [5, 5.41) is 9.74. The first-order valence-electron chi connectivity index (χ1n) is 13.3. The van der Waals surface area contributed by atoms with Crippen molar-refractivity contribution in [3.8, 4) is 0 Å². The number of hydrogen-bond donors (Lipinski definition) is 0. The Hall–Kier alpha value is -3.35. The quantitative estimate of drug-likeness (QED) is 0.414. The van der Waals surface area contributed by atoms with Crippen LogP contribution in [0.1, 0.15) is 64.4 Å². The zero-order valence-electron chi connectivity index (χ0n) is 23.1. The van der Waals surface area contributed by atoms with E-state index in [1.807, 2.05) is 0 Å². The van der Waals surface area contributed by atoms with Crippen molar-refractivity contribution < 1.29 is 37.1 Å². The van der Waals surface area contributed by atoms with Crippen molar-refractivity contribution in [3.05, 3.63) is 68.9 Å². The normalized spacial score (nSPS) is 20.6. The van der Waals surface area contributed by atoms with E-state index in [1.54, 1.807) is 5.38 Å². The van der Waals surface area contributed by atoms with Gasteiger partial charge >= 0.3 is 6.18 Å². The average molecular weight is 544 g/mol. The molecular formula is C24H22F5N5O2S. The first-order valence-corrected chi connectivity index (χ1v) is 12.2. The number of thiazole rings is 1. The number of carbonyl (C=O) groups is 1. The lowest BCUT2D eigenvalue weighted by Gasteiger charge is -2.31. The maximum Gasteiger partial charge on any atom is 0.435 e. The number of hydrogen-bond acceptors (Lipinski definition) is 6. The molecule has 1 aromatic carbocycles. The van der Waals surface area contributed by atoms with E-state index in [1.165, 1.54) is 22.3 Å². The Balaban J connectivity index is 1.21. The van der Waals surface area contributed by atoms with Gasteiger partial charge in [0.25, 0.3) is 0 Å². The van der Waals surface area contributed by atoms with E-state index >= 15 is 0 Å². The number of piperidine rings is 1. The molecule has 2 aliphatic rings. The second-order valence-electron chi connectivity index (χ2n) is 8.68. The number of halogens is 5. The Morgan fingerprint density at radius 3 is 2.68 bits per heavy atom. The Morgan fingerprint density at radius 2 is 2.00 bits per heavy atom. The highest BCUT2D eigenvalue weighted by molar-refractivity contribution is 7.10. The minimum Gasteiger partial charge on any atom is -0.387 e. The molecule has 0 spiro atoms. The molecule has 5 rings (SSSR count). The predicted molar refractivity (Wildman–Crippen MR) is 124 cm³/mol. The zero-order valence-corrected chi connectivity index (χ0v) is 19.9. The number of nitrogens with zero attached hydrogens (tertiary/aromatic N) is 5. The Morgan fingerprint density at radius 1 is 1.27 bits per heavy atom. The Labute approximate surface area is 218 Å². The maximum absolute atomic E-state index is 14.1. The second-order valence-corrected chi connectivity index (χ2v) is 9.56. The number of oxime groups is 1. The fraction of sp³-hybridized carbons (Fsp3) is 0.417. The lowest BCUT2D eigenvalue weighted by Crippen LogP contribution is -2.40. The third-order valence-electron chi connectivity index (χ3n) is 6.27. The van der Waals surface area contributed by atoms with Crippen LogP contribution >= 0.6 is 11.3 Å². The number of alkyl halides is 3. The monoisotopic (exact) mass is 543 g/mol. The lowest BCUT2D eigenvalue weighted by atomic mass is 9.97. The van der Waals surface area contributed by atoms with Gasteiger partial charge in [0.1, 0.15) is 23.9 Å². The largest absolute Gasteiger partial charge is 0.435 e. The number of aromatic nitrogens is 3. The molecule has 0 saturated carbocycles. The van der Waals surface area contributed by atoms with Crippen LogP contribution < -0.4 is 0 Å². The molecule has 1 saturated heterocycles. The predicted octanol–water partition coefficient (Wildman–Crippen LogP) is 5.22. The summed E-state index contributed by atoms with van der Waals surface area (Å²) in [6.07, 6.45) is -4.83. The molecule has 37 heavy (non-hydrogen) atoms. The molecule has 0 aliphatic carbocycles. The molecule has 1 amide bonds. The van der Waals surface area contributed by atoms with Crippen LogP contribution in [0.2, 0.25) is 0 Å². The third kappa shape index (κ3) is 5.22. The topological polar surface area (TPSA) is 72.6 Å². The molecule has 13 heteroatoms. The molecule has 1 atom stereocenters. The summed E-state index contributed by atoms with van der Waals surface area (Å²) in [5.74, 6) is -2.10. The summed E-state index contributed by atoms with van der Waals surface area (Å²) >= 11 is 1.37. The van der Waals surface area contributed by atoms with Gasteiger partial charge in [-0.3, -0.25) is 9.48 Å². The van der Waals surface area contributed by atoms with Crippen molar-refractivity contribution in [1.29, 1.82) is 0 Å². The summed E-state index contributed by atoms with van der Waals surface area (Å²) in [5.41, 5.74) is -1.83. The van der Waals surface area contributed by atoms with E-state index in [0.717, 1.165) is 17.1 Å². The summed E-state index contributed by atoms with van der Waals surface area (Å²) in [6.45, 7) is -3.31. The van der Waals surface area contributed by atoms with Crippen molar-refractivity contribution in [2.45, 2.75) is 50.9 Å². The summed E-state index contributed by atoms with van der Waals surface area (Å²) in [6, 6.07) is 2.28. The van der Waals surface area contributed by atoms with Gasteiger partial charge in [-0.25, -0.2) is 13.8 Å². The fourth-order valence-corrected chi connectivity index (χ4v) is 5.33. The van der Waals surface area contributed by atoms with Crippen LogP contribution in [-0.2, 0) is 22.4 Å². The number of likely N-dealkylation sites (tertiary alicyclic amines) is 1. The molecule has 0 bridgehead atoms. The van der Waals surface area contributed by atoms with Gasteiger partial charge in [-0.1, -0.05) is 11.2 Å². The molecule has 2 aromatic heterocycles. The SMILES string of the molecule is [2H]c1c(C(F)(F)F)nn(CC(=O)N2CCC(c3nc(C4=NOC(c5c(F)cccc5F)C4)cs3)CC2)c1C([2H])([2H])[2H]. The third-order valence-corrected chi connectivity index (χ3v) is 7.28. The molecule has 4 heterocycles. The summed E-state index contributed by atoms with van der Waals surface area (Å²) in [7, 11) is 0. The molecule has 196 valence electrons. The molecule has 1 fully saturated rings. The van der Waals surface area contributed by atoms with Gasteiger partial charge in [0.2, 0.25) is 5.91 Å². The fourth-order valence-electron chi connectivity index (χ4n) is 4.33. The van der Waals surface area contributed by atoms with E-state index in [9.17, 15) is 26.7 Å². The molecule has 3 aromatic rings. The Bertz CT molecular complexity index is 1480. The first-order chi connectivity index (χ1) is 19.2. The number of benzene rings is 1. The minimum atomic E-state index is -5.04. The van der Waals surface area contributed by atoms with Crippen molar-refractivity contribution in [1.82, 2.24) is 19.7 Å². The second kappa shape index (κ2) is 9.84. The zero-order chi connectivity index (χ0) is 29.7. The highest BCUT2D eigenvalue weighted by Gasteiger charge is 2.35. The first kappa shape index (κ1) is 20.7. The highest BCUT2D eigenvalue weighted by Crippen LogP contribution is 2.35. The van der Waals surface area contributed by atoms with Crippen LogP contribution in [0.25, 0.3) is 0 Å². The van der Waals surface area contributed by atoms with Crippen LogP contribution in [0.3, 0.4) is 0 Å². The van der Waals surface area contributed by atoms with E-state index in [4.69, 9.17) is 10.3 Å². The van der Waals surface area contributed by atoms with E-state index in [2.05, 4.69) is 15.2 Å². The van der Waals surface area contributed by atoms with Crippen LogP contribution in [0.4, 0.5) is 22.0 Å². The minimum absolute atomic E-state index is 0.0279. The Kier molecular flexibility index (Phi) is 5.50. The van der Waals surface area contributed by atoms with Gasteiger partial charge in [0.05, 0.1) is 17.6 Å². The lowest BCUT2D eigenvalue weighted by molar-refractivity contribution is -0.142. The van der Waals surface area contributed by atoms with Crippen molar-refractivity contribution >= 4 is 23.0 Å². The van der Waals surface area contributed by atoms with Crippen LogP contribution in [-0.4, -0.2) is 44.4 Å². The van der Waals surface area contributed by atoms with Gasteiger partial charge in [-0.2, -0.15) is 18.3 Å². The van der Waals surface area contributed by atoms with Gasteiger partial charge < -0.3 is 9.74 Å². The standard InChI is InChI=1S/C24H22F5N5O2S/c1-13-9-20(24(27,28)29)31-34(13)11-21(35)33-7-5-14(6-8-33)23-30-18(12-37-23)17-10-19(36-32-17)22-15(25)3-2-4-16(22)26/h2-4,9,12,14,19H,5-8,10-11H2,1H3/i1D3,9D. The van der Waals surface area contributed by atoms with Crippen molar-refractivity contribution in [2.24, 2.45) is 5.16 Å². The van der Waals surface area contributed by atoms with Crippen molar-refractivity contribution in [3.63, 3.8) is 0 Å². The van der Waals surface area contributed by atoms with Crippen LogP contribution in [0.15, 0.2) is 34.8 Å². The van der Waals surface area contributed by atoms with Crippen molar-refractivity contribution in [2.75, 3.05) is 13.1 Å². The number of amides is 1. The van der Waals surface area contributed by atoms with Crippen LogP contribution in [0, 0.1) is 18.5 Å². The average Bonchev–Trinajstić information content (AvgIpc) is 3.62.